The van der Waals surface area contributed by atoms with E-state index in [0.717, 1.165) is 0 Å². The summed E-state index contributed by atoms with van der Waals surface area (Å²) in [6.45, 7) is 0.0653. The van der Waals surface area contributed by atoms with Gasteiger partial charge in [-0.15, -0.1) is 0 Å². The molecule has 10 heteroatoms. The van der Waals surface area contributed by atoms with Gasteiger partial charge in [-0.1, -0.05) is 35.3 Å². The number of rotatable bonds is 6. The largest absolute Gasteiger partial charge is 0.497 e. The predicted molar refractivity (Wildman–Crippen MR) is 121 cm³/mol. The molecule has 0 bridgehead atoms. The number of alkyl halides is 3. The lowest BCUT2D eigenvalue weighted by Gasteiger charge is -2.14. The second kappa shape index (κ2) is 9.48. The Bertz CT molecular complexity index is 1420. The molecule has 0 saturated carbocycles. The highest BCUT2D eigenvalue weighted by molar-refractivity contribution is 6.42. The molecule has 34 heavy (non-hydrogen) atoms. The predicted octanol–water partition coefficient (Wildman–Crippen LogP) is 7.50. The first kappa shape index (κ1) is 23.8. The van der Waals surface area contributed by atoms with E-state index in [1.807, 2.05) is 0 Å². The summed E-state index contributed by atoms with van der Waals surface area (Å²) in [7, 11) is 1.39. The number of hydrogen-bond acceptors (Lipinski definition) is 5. The van der Waals surface area contributed by atoms with E-state index < -0.39 is 23.1 Å². The lowest BCUT2D eigenvalue weighted by molar-refractivity contribution is -0.154. The molecular formula is C24H15Cl2F3O5. The fourth-order valence-electron chi connectivity index (χ4n) is 3.10. The number of fused-ring (bicyclic) bond motifs is 1. The number of methoxy groups -OCH3 is 1. The van der Waals surface area contributed by atoms with E-state index in [4.69, 9.17) is 41.8 Å². The highest BCUT2D eigenvalue weighted by Crippen LogP contribution is 2.39. The maximum Gasteiger partial charge on any atom is 0.453 e. The van der Waals surface area contributed by atoms with Crippen molar-refractivity contribution in [2.75, 3.05) is 7.11 Å². The van der Waals surface area contributed by atoms with Gasteiger partial charge in [-0.2, -0.15) is 13.2 Å². The van der Waals surface area contributed by atoms with Crippen molar-refractivity contribution in [1.29, 1.82) is 0 Å². The lowest BCUT2D eigenvalue weighted by Crippen LogP contribution is -2.15. The van der Waals surface area contributed by atoms with Crippen molar-refractivity contribution in [1.82, 2.24) is 0 Å². The van der Waals surface area contributed by atoms with Crippen LogP contribution in [0.5, 0.6) is 23.0 Å². The normalized spacial score (nSPS) is 11.5. The minimum atomic E-state index is -4.99. The van der Waals surface area contributed by atoms with Gasteiger partial charge in [0, 0.05) is 12.1 Å². The van der Waals surface area contributed by atoms with Crippen molar-refractivity contribution in [3.8, 4) is 23.0 Å². The monoisotopic (exact) mass is 510 g/mol. The summed E-state index contributed by atoms with van der Waals surface area (Å²) in [5.74, 6) is -2.01. The molecule has 3 aromatic carbocycles. The van der Waals surface area contributed by atoms with Crippen LogP contribution in [-0.2, 0) is 12.8 Å². The van der Waals surface area contributed by atoms with E-state index in [2.05, 4.69) is 0 Å². The molecule has 0 fully saturated rings. The number of halogens is 5. The van der Waals surface area contributed by atoms with Gasteiger partial charge in [-0.25, -0.2) is 0 Å². The van der Waals surface area contributed by atoms with Gasteiger partial charge in [0.15, 0.2) is 0 Å². The number of ether oxygens (including phenoxy) is 3. The van der Waals surface area contributed by atoms with Gasteiger partial charge in [0.1, 0.15) is 29.4 Å². The molecule has 0 aliphatic carbocycles. The van der Waals surface area contributed by atoms with E-state index >= 15 is 0 Å². The molecule has 0 N–H and O–H groups in total. The standard InChI is InChI=1S/C24H15Cl2F3O5/c1-31-14-3-2-4-16(10-14)33-22-21(30)17-7-6-15(11-20(17)34-23(22)24(27,28)29)32-12-13-5-8-18(25)19(26)9-13/h2-11H,12H2,1H3. The molecular weight excluding hydrogens is 496 g/mol. The highest BCUT2D eigenvalue weighted by Gasteiger charge is 2.40. The summed E-state index contributed by atoms with van der Waals surface area (Å²) in [6, 6.07) is 14.7. The van der Waals surface area contributed by atoms with Crippen LogP contribution in [0.2, 0.25) is 10.0 Å². The summed E-state index contributed by atoms with van der Waals surface area (Å²) in [4.78, 5) is 12.9. The van der Waals surface area contributed by atoms with Crippen molar-refractivity contribution in [2.24, 2.45) is 0 Å². The summed E-state index contributed by atoms with van der Waals surface area (Å²) in [5.41, 5.74) is -0.594. The van der Waals surface area contributed by atoms with Gasteiger partial charge >= 0.3 is 6.18 Å². The second-order valence-corrected chi connectivity index (χ2v) is 7.88. The molecule has 0 radical (unpaired) electrons. The summed E-state index contributed by atoms with van der Waals surface area (Å²) in [6.07, 6.45) is -4.99. The van der Waals surface area contributed by atoms with Gasteiger partial charge < -0.3 is 18.6 Å². The van der Waals surface area contributed by atoms with Crippen molar-refractivity contribution in [3.05, 3.63) is 92.3 Å². The Morgan fingerprint density at radius 1 is 0.912 bits per heavy atom. The topological polar surface area (TPSA) is 57.9 Å². The zero-order valence-corrected chi connectivity index (χ0v) is 18.9. The minimum Gasteiger partial charge on any atom is -0.497 e. The Kier molecular flexibility index (Phi) is 6.63. The zero-order valence-electron chi connectivity index (χ0n) is 17.4. The van der Waals surface area contributed by atoms with E-state index in [0.29, 0.717) is 21.4 Å². The van der Waals surface area contributed by atoms with Gasteiger partial charge in [0.05, 0.1) is 22.5 Å². The van der Waals surface area contributed by atoms with Gasteiger partial charge in [-0.05, 0) is 42.0 Å². The van der Waals surface area contributed by atoms with Crippen LogP contribution in [0, 0.1) is 0 Å². The van der Waals surface area contributed by atoms with Crippen molar-refractivity contribution in [3.63, 3.8) is 0 Å². The Hall–Kier alpha value is -3.36. The Morgan fingerprint density at radius 2 is 1.68 bits per heavy atom. The molecule has 0 aliphatic rings. The summed E-state index contributed by atoms with van der Waals surface area (Å²) in [5, 5.41) is 0.614. The van der Waals surface area contributed by atoms with E-state index in [1.165, 1.54) is 43.5 Å². The number of benzene rings is 3. The van der Waals surface area contributed by atoms with E-state index in [1.54, 1.807) is 24.3 Å². The average molecular weight is 511 g/mol. The van der Waals surface area contributed by atoms with E-state index in [-0.39, 0.29) is 29.1 Å². The van der Waals surface area contributed by atoms with Crippen LogP contribution in [0.1, 0.15) is 11.3 Å². The fraction of sp³-hybridized carbons (Fsp3) is 0.125. The van der Waals surface area contributed by atoms with Gasteiger partial charge in [0.2, 0.25) is 11.2 Å². The molecule has 0 amide bonds. The molecule has 4 aromatic rings. The average Bonchev–Trinajstić information content (AvgIpc) is 2.81. The summed E-state index contributed by atoms with van der Waals surface area (Å²) >= 11 is 11.9. The van der Waals surface area contributed by atoms with Crippen LogP contribution < -0.4 is 19.6 Å². The van der Waals surface area contributed by atoms with Crippen LogP contribution in [0.15, 0.2) is 69.9 Å². The maximum absolute atomic E-state index is 13.8. The van der Waals surface area contributed by atoms with Gasteiger partial charge in [-0.3, -0.25) is 4.79 Å². The molecule has 0 spiro atoms. The van der Waals surface area contributed by atoms with Crippen molar-refractivity contribution >= 4 is 34.2 Å². The Morgan fingerprint density at radius 3 is 2.38 bits per heavy atom. The lowest BCUT2D eigenvalue weighted by atomic mass is 10.2. The van der Waals surface area contributed by atoms with Gasteiger partial charge in [0.25, 0.3) is 5.76 Å². The minimum absolute atomic E-state index is 0.0157. The van der Waals surface area contributed by atoms with Crippen LogP contribution in [0.25, 0.3) is 11.0 Å². The third-order valence-electron chi connectivity index (χ3n) is 4.73. The molecule has 1 heterocycles. The SMILES string of the molecule is COc1cccc(Oc2c(C(F)(F)F)oc3cc(OCc4ccc(Cl)c(Cl)c4)ccc3c2=O)c1. The van der Waals surface area contributed by atoms with Crippen LogP contribution in [0.4, 0.5) is 13.2 Å². The number of hydrogen-bond donors (Lipinski definition) is 0. The quantitative estimate of drug-likeness (QED) is 0.268. The third kappa shape index (κ3) is 5.08. The fourth-order valence-corrected chi connectivity index (χ4v) is 3.42. The van der Waals surface area contributed by atoms with Crippen LogP contribution in [-0.4, -0.2) is 7.11 Å². The highest BCUT2D eigenvalue weighted by atomic mass is 35.5. The molecule has 0 saturated heterocycles. The Labute approximate surface area is 201 Å². The molecule has 176 valence electrons. The third-order valence-corrected chi connectivity index (χ3v) is 5.47. The smallest absolute Gasteiger partial charge is 0.453 e. The molecule has 1 aromatic heterocycles. The first-order chi connectivity index (χ1) is 16.2. The Balaban J connectivity index is 1.70. The van der Waals surface area contributed by atoms with Crippen LogP contribution >= 0.6 is 23.2 Å². The first-order valence-corrected chi connectivity index (χ1v) is 10.5. The molecule has 0 atom stereocenters. The molecule has 0 unspecified atom stereocenters. The second-order valence-electron chi connectivity index (χ2n) is 7.06. The van der Waals surface area contributed by atoms with Crippen molar-refractivity contribution < 1.29 is 31.8 Å². The zero-order chi connectivity index (χ0) is 24.5. The first-order valence-electron chi connectivity index (χ1n) is 9.72. The molecule has 0 aliphatic heterocycles. The van der Waals surface area contributed by atoms with Crippen molar-refractivity contribution in [2.45, 2.75) is 12.8 Å². The maximum atomic E-state index is 13.8. The molecule has 4 rings (SSSR count). The molecule has 5 nitrogen and oxygen atoms in total. The summed E-state index contributed by atoms with van der Waals surface area (Å²) < 4.78 is 62.3. The van der Waals surface area contributed by atoms with E-state index in [9.17, 15) is 18.0 Å². The van der Waals surface area contributed by atoms with Crippen LogP contribution in [0.3, 0.4) is 0 Å².